The fourth-order valence-corrected chi connectivity index (χ4v) is 1.07. The zero-order valence-electron chi connectivity index (χ0n) is 4.98. The van der Waals surface area contributed by atoms with Gasteiger partial charge in [-0.2, -0.15) is 12.6 Å². The fourth-order valence-electron chi connectivity index (χ4n) is 0.356. The van der Waals surface area contributed by atoms with Gasteiger partial charge in [-0.3, -0.25) is 4.79 Å². The number of hydrogen-bond donors (Lipinski definition) is 3. The summed E-state index contributed by atoms with van der Waals surface area (Å²) >= 11 is 7.64. The first kappa shape index (κ1) is 9.13. The number of carboxylic acid groups (broad SMARTS) is 1. The van der Waals surface area contributed by atoms with Gasteiger partial charge in [0.25, 0.3) is 0 Å². The normalized spacial score (nSPS) is 13.8. The Bertz CT molecular complexity index is 107. The van der Waals surface area contributed by atoms with Gasteiger partial charge in [0.05, 0.1) is 0 Å². The van der Waals surface area contributed by atoms with E-state index in [0.29, 0.717) is 0 Å². The monoisotopic (exact) mass is 167 g/mol. The molecule has 0 fully saturated rings. The molecule has 0 spiro atoms. The maximum atomic E-state index is 10.2. The topological polar surface area (TPSA) is 40.5 Å². The van der Waals surface area contributed by atoms with E-state index in [-0.39, 0.29) is 5.75 Å². The molecule has 0 aromatic heterocycles. The Morgan fingerprint density at radius 1 is 1.89 bits per heavy atom. The minimum Gasteiger partial charge on any atom is -0.480 e. The molecule has 0 aromatic carbocycles. The van der Waals surface area contributed by atoms with Crippen molar-refractivity contribution in [2.24, 2.45) is 0 Å². The molecule has 1 atom stereocenters. The van der Waals surface area contributed by atoms with Crippen LogP contribution in [-0.4, -0.2) is 34.2 Å². The summed E-state index contributed by atoms with van der Waals surface area (Å²) in [5.41, 5.74) is 0. The molecule has 0 aromatic rings. The molecule has 0 saturated heterocycles. The Balaban J connectivity index is 3.83. The lowest BCUT2D eigenvalue weighted by atomic mass is 10.3. The molecule has 1 unspecified atom stereocenters. The number of rotatable bonds is 3. The highest BCUT2D eigenvalue weighted by Gasteiger charge is 2.17. The van der Waals surface area contributed by atoms with E-state index in [0.717, 1.165) is 0 Å². The van der Waals surface area contributed by atoms with Crippen LogP contribution in [0.5, 0.6) is 0 Å². The van der Waals surface area contributed by atoms with Crippen LogP contribution in [0.2, 0.25) is 0 Å². The number of thiol groups is 2. The zero-order chi connectivity index (χ0) is 7.44. The van der Waals surface area contributed by atoms with Crippen LogP contribution in [0.25, 0.3) is 0 Å². The van der Waals surface area contributed by atoms with E-state index in [1.807, 2.05) is 0 Å². The predicted molar refractivity (Wildman–Crippen MR) is 42.0 cm³/mol. The number of aliphatic carboxylic acids is 1. The zero-order valence-corrected chi connectivity index (χ0v) is 6.77. The number of carboxylic acids is 1. The highest BCUT2D eigenvalue weighted by Crippen LogP contribution is 2.00. The van der Waals surface area contributed by atoms with E-state index >= 15 is 0 Å². The van der Waals surface area contributed by atoms with Gasteiger partial charge in [-0.1, -0.05) is 12.8 Å². The Kier molecular flexibility index (Phi) is 4.09. The van der Waals surface area contributed by atoms with E-state index in [4.69, 9.17) is 5.11 Å². The summed E-state index contributed by atoms with van der Waals surface area (Å²) in [6, 6.07) is -0.600. The molecule has 0 heterocycles. The summed E-state index contributed by atoms with van der Waals surface area (Å²) in [6.07, 6.45) is 0. The van der Waals surface area contributed by atoms with Gasteiger partial charge in [0.15, 0.2) is 0 Å². The minimum absolute atomic E-state index is 0.273. The van der Waals surface area contributed by atoms with E-state index in [2.05, 4.69) is 25.4 Å². The van der Waals surface area contributed by atoms with Crippen molar-refractivity contribution < 1.29 is 9.90 Å². The fraction of sp³-hybridized carbons (Fsp3) is 0.750. The van der Waals surface area contributed by atoms with Crippen molar-refractivity contribution in [1.82, 2.24) is 4.31 Å². The van der Waals surface area contributed by atoms with Crippen LogP contribution in [0.1, 0.15) is 0 Å². The molecule has 0 bridgehead atoms. The predicted octanol–water partition coefficient (Wildman–Crippen LogP) is 0.146. The first-order chi connectivity index (χ1) is 4.09. The van der Waals surface area contributed by atoms with Gasteiger partial charge in [0.2, 0.25) is 0 Å². The van der Waals surface area contributed by atoms with Crippen molar-refractivity contribution in [2.45, 2.75) is 6.04 Å². The minimum atomic E-state index is -0.900. The average molecular weight is 167 g/mol. The largest absolute Gasteiger partial charge is 0.480 e. The van der Waals surface area contributed by atoms with Gasteiger partial charge in [-0.05, 0) is 7.05 Å². The summed E-state index contributed by atoms with van der Waals surface area (Å²) in [5.74, 6) is -0.627. The van der Waals surface area contributed by atoms with Crippen molar-refractivity contribution in [1.29, 1.82) is 0 Å². The van der Waals surface area contributed by atoms with Gasteiger partial charge in [0.1, 0.15) is 6.04 Å². The molecule has 54 valence electrons. The third-order valence-electron chi connectivity index (χ3n) is 0.909. The lowest BCUT2D eigenvalue weighted by molar-refractivity contribution is -0.140. The van der Waals surface area contributed by atoms with Gasteiger partial charge >= 0.3 is 5.97 Å². The van der Waals surface area contributed by atoms with E-state index in [1.165, 1.54) is 4.31 Å². The molecule has 0 rings (SSSR count). The average Bonchev–Trinajstić information content (AvgIpc) is 1.64. The maximum absolute atomic E-state index is 10.2. The molecule has 0 aliphatic heterocycles. The second-order valence-electron chi connectivity index (χ2n) is 1.61. The molecule has 5 heteroatoms. The molecule has 0 saturated carbocycles. The van der Waals surface area contributed by atoms with E-state index in [1.54, 1.807) is 7.05 Å². The van der Waals surface area contributed by atoms with Crippen LogP contribution in [-0.2, 0) is 4.79 Å². The van der Waals surface area contributed by atoms with Crippen LogP contribution < -0.4 is 0 Å². The molecule has 0 aliphatic rings. The molecule has 1 N–H and O–H groups in total. The highest BCUT2D eigenvalue weighted by atomic mass is 32.1. The van der Waals surface area contributed by atoms with Crippen LogP contribution in [0.15, 0.2) is 0 Å². The summed E-state index contributed by atoms with van der Waals surface area (Å²) in [6.45, 7) is 0. The van der Waals surface area contributed by atoms with Gasteiger partial charge in [0, 0.05) is 5.75 Å². The molecule has 0 aliphatic carbocycles. The third kappa shape index (κ3) is 2.98. The molecular formula is C4H9NO2S2. The van der Waals surface area contributed by atoms with Gasteiger partial charge < -0.3 is 5.11 Å². The van der Waals surface area contributed by atoms with Crippen LogP contribution in [0.3, 0.4) is 0 Å². The Hall–Kier alpha value is 0.130. The lowest BCUT2D eigenvalue weighted by Crippen LogP contribution is -2.33. The smallest absolute Gasteiger partial charge is 0.322 e. The van der Waals surface area contributed by atoms with Crippen molar-refractivity contribution in [2.75, 3.05) is 12.8 Å². The summed E-state index contributed by atoms with van der Waals surface area (Å²) in [7, 11) is 1.58. The maximum Gasteiger partial charge on any atom is 0.322 e. The SMILES string of the molecule is CN(S)C(CS)C(=O)O. The van der Waals surface area contributed by atoms with Crippen LogP contribution in [0.4, 0.5) is 0 Å². The number of carbonyl (C=O) groups is 1. The Labute approximate surface area is 65.0 Å². The molecule has 9 heavy (non-hydrogen) atoms. The number of nitrogens with zero attached hydrogens (tertiary/aromatic N) is 1. The van der Waals surface area contributed by atoms with Crippen molar-refractivity contribution in [3.05, 3.63) is 0 Å². The molecule has 0 amide bonds. The van der Waals surface area contributed by atoms with Crippen molar-refractivity contribution in [3.63, 3.8) is 0 Å². The molecular weight excluding hydrogens is 158 g/mol. The van der Waals surface area contributed by atoms with Crippen LogP contribution >= 0.6 is 25.4 Å². The summed E-state index contributed by atoms with van der Waals surface area (Å²) in [5, 5.41) is 8.40. The quantitative estimate of drug-likeness (QED) is 0.524. The molecule has 3 nitrogen and oxygen atoms in total. The van der Waals surface area contributed by atoms with Crippen LogP contribution in [0, 0.1) is 0 Å². The number of hydrogen-bond acceptors (Lipinski definition) is 4. The standard InChI is InChI=1S/C4H9NO2S2/c1-5(9)3(2-8)4(6)7/h3,8-9H,2H2,1H3,(H,6,7). The second kappa shape index (κ2) is 4.03. The first-order valence-electron chi connectivity index (χ1n) is 2.35. The number of likely N-dealkylation sites (N-methyl/N-ethyl adjacent to an activating group) is 1. The first-order valence-corrected chi connectivity index (χ1v) is 3.38. The van der Waals surface area contributed by atoms with Crippen molar-refractivity contribution in [3.8, 4) is 0 Å². The van der Waals surface area contributed by atoms with Gasteiger partial charge in [-0.25, -0.2) is 4.31 Å². The second-order valence-corrected chi connectivity index (χ2v) is 2.61. The highest BCUT2D eigenvalue weighted by molar-refractivity contribution is 7.80. The lowest BCUT2D eigenvalue weighted by Gasteiger charge is -2.15. The molecule has 0 radical (unpaired) electrons. The summed E-state index contributed by atoms with van der Waals surface area (Å²) in [4.78, 5) is 10.2. The van der Waals surface area contributed by atoms with E-state index in [9.17, 15) is 4.79 Å². The Morgan fingerprint density at radius 3 is 2.33 bits per heavy atom. The summed E-state index contributed by atoms with van der Waals surface area (Å²) < 4.78 is 1.31. The van der Waals surface area contributed by atoms with E-state index < -0.39 is 12.0 Å². The van der Waals surface area contributed by atoms with Crippen molar-refractivity contribution >= 4 is 31.4 Å². The third-order valence-corrected chi connectivity index (χ3v) is 1.53. The van der Waals surface area contributed by atoms with Gasteiger partial charge in [-0.15, -0.1) is 0 Å². The Morgan fingerprint density at radius 2 is 2.33 bits per heavy atom.